The predicted octanol–water partition coefficient (Wildman–Crippen LogP) is 0.623. The van der Waals surface area contributed by atoms with E-state index in [2.05, 4.69) is 16.9 Å². The van der Waals surface area contributed by atoms with E-state index in [9.17, 15) is 5.11 Å². The fourth-order valence-corrected chi connectivity index (χ4v) is 2.15. The third-order valence-corrected chi connectivity index (χ3v) is 3.11. The number of aryl methyl sites for hydroxylation is 1. The van der Waals surface area contributed by atoms with Crippen LogP contribution in [0.25, 0.3) is 0 Å². The van der Waals surface area contributed by atoms with Gasteiger partial charge in [0.1, 0.15) is 5.82 Å². The largest absolute Gasteiger partial charge is 0.393 e. The second-order valence-electron chi connectivity index (χ2n) is 4.64. The summed E-state index contributed by atoms with van der Waals surface area (Å²) in [6, 6.07) is 0. The molecule has 0 radical (unpaired) electrons. The Bertz CT molecular complexity index is 317. The molecular weight excluding hydrogens is 190 g/mol. The topological polar surface area (TPSA) is 41.3 Å². The number of rotatable bonds is 4. The summed E-state index contributed by atoms with van der Waals surface area (Å²) < 4.78 is 2.05. The molecule has 0 bridgehead atoms. The Labute approximate surface area is 90.5 Å². The van der Waals surface area contributed by atoms with Crippen LogP contribution in [0.1, 0.15) is 18.7 Å². The molecule has 1 aliphatic carbocycles. The van der Waals surface area contributed by atoms with Crippen molar-refractivity contribution in [2.45, 2.75) is 25.5 Å². The van der Waals surface area contributed by atoms with E-state index in [0.29, 0.717) is 5.92 Å². The highest BCUT2D eigenvalue weighted by Gasteiger charge is 2.27. The Kier molecular flexibility index (Phi) is 3.07. The minimum Gasteiger partial charge on any atom is -0.393 e. The van der Waals surface area contributed by atoms with E-state index in [-0.39, 0.29) is 6.10 Å². The van der Waals surface area contributed by atoms with Crippen molar-refractivity contribution in [1.29, 1.82) is 0 Å². The van der Waals surface area contributed by atoms with E-state index in [1.165, 1.54) is 0 Å². The monoisotopic (exact) mass is 209 g/mol. The predicted molar refractivity (Wildman–Crippen MR) is 58.3 cm³/mol. The summed E-state index contributed by atoms with van der Waals surface area (Å²) in [5.74, 6) is 1.77. The van der Waals surface area contributed by atoms with E-state index in [1.807, 2.05) is 24.0 Å². The van der Waals surface area contributed by atoms with Gasteiger partial charge in [-0.2, -0.15) is 0 Å². The van der Waals surface area contributed by atoms with Crippen molar-refractivity contribution in [3.05, 3.63) is 18.2 Å². The third-order valence-electron chi connectivity index (χ3n) is 3.11. The summed E-state index contributed by atoms with van der Waals surface area (Å²) in [5.41, 5.74) is 0. The van der Waals surface area contributed by atoms with Crippen molar-refractivity contribution in [1.82, 2.24) is 14.5 Å². The standard InChI is InChI=1S/C11H19N3O/c1-13(7-9-5-10(15)6-9)8-11-12-3-4-14(11)2/h3-4,9-10,15H,5-8H2,1-2H3. The van der Waals surface area contributed by atoms with Crippen molar-refractivity contribution < 1.29 is 5.11 Å². The molecule has 84 valence electrons. The van der Waals surface area contributed by atoms with Crippen LogP contribution in [0.5, 0.6) is 0 Å². The quantitative estimate of drug-likeness (QED) is 0.790. The molecule has 0 atom stereocenters. The Morgan fingerprint density at radius 2 is 2.33 bits per heavy atom. The molecule has 4 nitrogen and oxygen atoms in total. The van der Waals surface area contributed by atoms with Crippen LogP contribution in [0.4, 0.5) is 0 Å². The van der Waals surface area contributed by atoms with Crippen LogP contribution in [0, 0.1) is 5.92 Å². The number of hydrogen-bond acceptors (Lipinski definition) is 3. The highest BCUT2D eigenvalue weighted by molar-refractivity contribution is 4.91. The number of aromatic nitrogens is 2. The lowest BCUT2D eigenvalue weighted by Crippen LogP contribution is -2.37. The van der Waals surface area contributed by atoms with Gasteiger partial charge in [-0.15, -0.1) is 0 Å². The summed E-state index contributed by atoms with van der Waals surface area (Å²) in [7, 11) is 4.13. The Morgan fingerprint density at radius 3 is 2.87 bits per heavy atom. The molecule has 0 saturated heterocycles. The summed E-state index contributed by atoms with van der Waals surface area (Å²) >= 11 is 0. The molecule has 15 heavy (non-hydrogen) atoms. The normalized spacial score (nSPS) is 25.6. The molecule has 0 aromatic carbocycles. The second-order valence-corrected chi connectivity index (χ2v) is 4.64. The molecule has 1 saturated carbocycles. The first-order valence-electron chi connectivity index (χ1n) is 5.48. The molecule has 1 aliphatic rings. The average Bonchev–Trinajstić information content (AvgIpc) is 2.49. The fourth-order valence-electron chi connectivity index (χ4n) is 2.15. The van der Waals surface area contributed by atoms with Crippen LogP contribution in [-0.4, -0.2) is 39.3 Å². The molecule has 1 fully saturated rings. The zero-order valence-electron chi connectivity index (χ0n) is 9.43. The fraction of sp³-hybridized carbons (Fsp3) is 0.727. The number of aliphatic hydroxyl groups is 1. The first kappa shape index (κ1) is 10.6. The minimum absolute atomic E-state index is 0.0449. The molecule has 1 aromatic rings. The van der Waals surface area contributed by atoms with Gasteiger partial charge in [-0.25, -0.2) is 4.98 Å². The lowest BCUT2D eigenvalue weighted by molar-refractivity contribution is 0.0270. The van der Waals surface area contributed by atoms with Crippen molar-refractivity contribution in [2.75, 3.05) is 13.6 Å². The average molecular weight is 209 g/mol. The molecule has 0 amide bonds. The molecule has 2 rings (SSSR count). The van der Waals surface area contributed by atoms with Gasteiger partial charge < -0.3 is 9.67 Å². The maximum Gasteiger partial charge on any atom is 0.122 e. The summed E-state index contributed by atoms with van der Waals surface area (Å²) in [5, 5.41) is 9.20. The van der Waals surface area contributed by atoms with E-state index >= 15 is 0 Å². The highest BCUT2D eigenvalue weighted by Crippen LogP contribution is 2.27. The van der Waals surface area contributed by atoms with Crippen molar-refractivity contribution in [3.8, 4) is 0 Å². The second kappa shape index (κ2) is 4.33. The number of hydrogen-bond donors (Lipinski definition) is 1. The summed E-state index contributed by atoms with van der Waals surface area (Å²) in [4.78, 5) is 6.57. The number of imidazole rings is 1. The maximum atomic E-state index is 9.20. The molecule has 0 unspecified atom stereocenters. The molecule has 1 N–H and O–H groups in total. The van der Waals surface area contributed by atoms with Gasteiger partial charge in [-0.1, -0.05) is 0 Å². The van der Waals surface area contributed by atoms with Gasteiger partial charge in [0, 0.05) is 26.0 Å². The molecule has 0 aliphatic heterocycles. The van der Waals surface area contributed by atoms with E-state index in [1.54, 1.807) is 0 Å². The zero-order chi connectivity index (χ0) is 10.8. The SMILES string of the molecule is CN(Cc1nccn1C)CC1CC(O)C1. The van der Waals surface area contributed by atoms with Gasteiger partial charge in [0.2, 0.25) is 0 Å². The smallest absolute Gasteiger partial charge is 0.122 e. The van der Waals surface area contributed by atoms with Gasteiger partial charge in [0.15, 0.2) is 0 Å². The van der Waals surface area contributed by atoms with Crippen molar-refractivity contribution in [3.63, 3.8) is 0 Å². The van der Waals surface area contributed by atoms with Crippen molar-refractivity contribution >= 4 is 0 Å². The summed E-state index contributed by atoms with van der Waals surface area (Å²) in [6.45, 7) is 1.94. The minimum atomic E-state index is -0.0449. The zero-order valence-corrected chi connectivity index (χ0v) is 9.43. The van der Waals surface area contributed by atoms with Crippen LogP contribution in [0.15, 0.2) is 12.4 Å². The Morgan fingerprint density at radius 1 is 1.60 bits per heavy atom. The maximum absolute atomic E-state index is 9.20. The third kappa shape index (κ3) is 2.58. The van der Waals surface area contributed by atoms with Gasteiger partial charge in [0.25, 0.3) is 0 Å². The number of aliphatic hydroxyl groups excluding tert-OH is 1. The molecule has 0 spiro atoms. The Balaban J connectivity index is 1.77. The lowest BCUT2D eigenvalue weighted by atomic mass is 9.82. The highest BCUT2D eigenvalue weighted by atomic mass is 16.3. The van der Waals surface area contributed by atoms with Crippen LogP contribution in [0.2, 0.25) is 0 Å². The first-order valence-corrected chi connectivity index (χ1v) is 5.48. The molecular formula is C11H19N3O. The Hall–Kier alpha value is -0.870. The van der Waals surface area contributed by atoms with Crippen LogP contribution < -0.4 is 0 Å². The van der Waals surface area contributed by atoms with Gasteiger partial charge in [-0.05, 0) is 25.8 Å². The van der Waals surface area contributed by atoms with Crippen LogP contribution in [-0.2, 0) is 13.6 Å². The number of nitrogens with zero attached hydrogens (tertiary/aromatic N) is 3. The molecule has 1 heterocycles. The van der Waals surface area contributed by atoms with Gasteiger partial charge in [-0.3, -0.25) is 4.90 Å². The van der Waals surface area contributed by atoms with Crippen molar-refractivity contribution in [2.24, 2.45) is 13.0 Å². The van der Waals surface area contributed by atoms with Crippen LogP contribution in [0.3, 0.4) is 0 Å². The first-order chi connectivity index (χ1) is 7.15. The lowest BCUT2D eigenvalue weighted by Gasteiger charge is -2.34. The van der Waals surface area contributed by atoms with E-state index < -0.39 is 0 Å². The van der Waals surface area contributed by atoms with Gasteiger partial charge >= 0.3 is 0 Å². The van der Waals surface area contributed by atoms with E-state index in [4.69, 9.17) is 0 Å². The van der Waals surface area contributed by atoms with Crippen LogP contribution >= 0.6 is 0 Å². The molecule has 1 aromatic heterocycles. The van der Waals surface area contributed by atoms with Gasteiger partial charge in [0.05, 0.1) is 12.6 Å². The van der Waals surface area contributed by atoms with E-state index in [0.717, 1.165) is 31.8 Å². The molecule has 4 heteroatoms. The summed E-state index contributed by atoms with van der Waals surface area (Å²) in [6.07, 6.45) is 5.68.